The number of Topliss-reactive ketones (excluding diaryl/α,β-unsaturated/α-hetero) is 1. The van der Waals surface area contributed by atoms with Crippen LogP contribution in [0.15, 0.2) is 40.7 Å². The van der Waals surface area contributed by atoms with Gasteiger partial charge in [0, 0.05) is 17.9 Å². The zero-order chi connectivity index (χ0) is 12.3. The average Bonchev–Trinajstić information content (AvgIpc) is 2.63. The maximum absolute atomic E-state index is 11.3. The maximum Gasteiger partial charge on any atom is 0.168 e. The first-order chi connectivity index (χ1) is 8.16. The van der Waals surface area contributed by atoms with Crippen LogP contribution in [0.4, 0.5) is 5.69 Å². The zero-order valence-electron chi connectivity index (χ0n) is 8.98. The number of allylic oxidation sites excluding steroid dienone is 2. The van der Waals surface area contributed by atoms with Crippen LogP contribution in [0.1, 0.15) is 12.8 Å². The van der Waals surface area contributed by atoms with Crippen molar-refractivity contribution >= 4 is 29.3 Å². The van der Waals surface area contributed by atoms with Crippen LogP contribution in [-0.4, -0.2) is 17.1 Å². The van der Waals surface area contributed by atoms with E-state index in [1.807, 2.05) is 0 Å². The van der Waals surface area contributed by atoms with Crippen molar-refractivity contribution in [3.8, 4) is 0 Å². The van der Waals surface area contributed by atoms with E-state index >= 15 is 0 Å². The molecular formula is C12H11ClN2O2. The molecule has 0 fully saturated rings. The molecule has 1 aliphatic carbocycles. The fourth-order valence-electron chi connectivity index (χ4n) is 1.50. The number of hydrazone groups is 1. The predicted molar refractivity (Wildman–Crippen MR) is 67.5 cm³/mol. The van der Waals surface area contributed by atoms with Crippen LogP contribution in [0.5, 0.6) is 0 Å². The highest BCUT2D eigenvalue weighted by Crippen LogP contribution is 2.19. The number of rotatable bonds is 3. The molecule has 0 aromatic heterocycles. The molecule has 1 aromatic rings. The SMILES string of the molecule is O=C1CCC(O)=C1/C=N/Nc1ccc(Cl)cc1. The van der Waals surface area contributed by atoms with E-state index in [-0.39, 0.29) is 17.1 Å². The van der Waals surface area contributed by atoms with Crippen LogP contribution in [-0.2, 0) is 4.79 Å². The fraction of sp³-hybridized carbons (Fsp3) is 0.167. The second-order valence-corrected chi connectivity index (χ2v) is 4.10. The highest BCUT2D eigenvalue weighted by molar-refractivity contribution is 6.30. The zero-order valence-corrected chi connectivity index (χ0v) is 9.74. The molecule has 0 heterocycles. The Bertz CT molecular complexity index is 492. The van der Waals surface area contributed by atoms with Gasteiger partial charge in [0.1, 0.15) is 5.76 Å². The molecule has 1 aliphatic rings. The van der Waals surface area contributed by atoms with E-state index in [2.05, 4.69) is 10.5 Å². The van der Waals surface area contributed by atoms with Crippen molar-refractivity contribution in [3.63, 3.8) is 0 Å². The van der Waals surface area contributed by atoms with Gasteiger partial charge >= 0.3 is 0 Å². The highest BCUT2D eigenvalue weighted by atomic mass is 35.5. The first-order valence-electron chi connectivity index (χ1n) is 5.17. The molecule has 0 atom stereocenters. The number of halogens is 1. The minimum atomic E-state index is -0.0795. The fourth-order valence-corrected chi connectivity index (χ4v) is 1.63. The van der Waals surface area contributed by atoms with Gasteiger partial charge in [-0.1, -0.05) is 11.6 Å². The molecule has 0 saturated heterocycles. The normalized spacial score (nSPS) is 15.9. The van der Waals surface area contributed by atoms with Crippen LogP contribution in [0, 0.1) is 0 Å². The highest BCUT2D eigenvalue weighted by Gasteiger charge is 2.20. The largest absolute Gasteiger partial charge is 0.511 e. The Morgan fingerprint density at radius 2 is 2.00 bits per heavy atom. The van der Waals surface area contributed by atoms with E-state index in [1.54, 1.807) is 24.3 Å². The summed E-state index contributed by atoms with van der Waals surface area (Å²) < 4.78 is 0. The van der Waals surface area contributed by atoms with Gasteiger partial charge in [-0.25, -0.2) is 0 Å². The van der Waals surface area contributed by atoms with Crippen molar-refractivity contribution in [3.05, 3.63) is 40.6 Å². The van der Waals surface area contributed by atoms with Gasteiger partial charge in [0.15, 0.2) is 5.78 Å². The molecule has 0 saturated carbocycles. The summed E-state index contributed by atoms with van der Waals surface area (Å²) in [6.45, 7) is 0. The monoisotopic (exact) mass is 250 g/mol. The summed E-state index contributed by atoms with van der Waals surface area (Å²) >= 11 is 5.74. The molecule has 4 nitrogen and oxygen atoms in total. The number of carbonyl (C=O) groups is 1. The third-order valence-corrected chi connectivity index (χ3v) is 2.68. The summed E-state index contributed by atoms with van der Waals surface area (Å²) in [5.74, 6) is 0.0285. The number of ketones is 1. The second kappa shape index (κ2) is 5.01. The van der Waals surface area contributed by atoms with Crippen LogP contribution < -0.4 is 5.43 Å². The number of nitrogens with one attached hydrogen (secondary N) is 1. The third kappa shape index (κ3) is 2.85. The molecule has 0 spiro atoms. The molecule has 2 N–H and O–H groups in total. The van der Waals surface area contributed by atoms with Crippen molar-refractivity contribution < 1.29 is 9.90 Å². The van der Waals surface area contributed by atoms with Crippen LogP contribution in [0.25, 0.3) is 0 Å². The van der Waals surface area contributed by atoms with E-state index in [9.17, 15) is 9.90 Å². The van der Waals surface area contributed by atoms with Gasteiger partial charge in [0.2, 0.25) is 0 Å². The average molecular weight is 251 g/mol. The lowest BCUT2D eigenvalue weighted by molar-refractivity contribution is -0.114. The van der Waals surface area contributed by atoms with Gasteiger partial charge < -0.3 is 5.11 Å². The van der Waals surface area contributed by atoms with Crippen LogP contribution >= 0.6 is 11.6 Å². The van der Waals surface area contributed by atoms with Crippen molar-refractivity contribution in [1.29, 1.82) is 0 Å². The standard InChI is InChI=1S/C12H11ClN2O2/c13-8-1-3-9(4-2-8)15-14-7-10-11(16)5-6-12(10)17/h1-4,7,15-16H,5-6H2/b14-7+. The third-order valence-electron chi connectivity index (χ3n) is 2.43. The number of aliphatic hydroxyl groups is 1. The van der Waals surface area contributed by atoms with E-state index in [4.69, 9.17) is 11.6 Å². The van der Waals surface area contributed by atoms with E-state index in [1.165, 1.54) is 6.21 Å². The molecular weight excluding hydrogens is 240 g/mol. The van der Waals surface area contributed by atoms with Gasteiger partial charge in [0.05, 0.1) is 17.5 Å². The lowest BCUT2D eigenvalue weighted by Crippen LogP contribution is -1.99. The number of nitrogens with zero attached hydrogens (tertiary/aromatic N) is 1. The summed E-state index contributed by atoms with van der Waals surface area (Å²) in [5.41, 5.74) is 3.80. The summed E-state index contributed by atoms with van der Waals surface area (Å²) in [7, 11) is 0. The molecule has 88 valence electrons. The second-order valence-electron chi connectivity index (χ2n) is 3.66. The van der Waals surface area contributed by atoms with Gasteiger partial charge in [-0.15, -0.1) is 0 Å². The molecule has 0 radical (unpaired) electrons. The number of hydrogen-bond donors (Lipinski definition) is 2. The smallest absolute Gasteiger partial charge is 0.168 e. The minimum Gasteiger partial charge on any atom is -0.511 e. The lowest BCUT2D eigenvalue weighted by atomic mass is 10.2. The van der Waals surface area contributed by atoms with Crippen molar-refractivity contribution in [1.82, 2.24) is 0 Å². The van der Waals surface area contributed by atoms with Crippen molar-refractivity contribution in [2.75, 3.05) is 5.43 Å². The topological polar surface area (TPSA) is 61.7 Å². The minimum absolute atomic E-state index is 0.0795. The number of aliphatic hydroxyl groups excluding tert-OH is 1. The van der Waals surface area contributed by atoms with Gasteiger partial charge in [-0.3, -0.25) is 10.2 Å². The molecule has 1 aromatic carbocycles. The Kier molecular flexibility index (Phi) is 3.44. The molecule has 17 heavy (non-hydrogen) atoms. The molecule has 5 heteroatoms. The number of hydrogen-bond acceptors (Lipinski definition) is 4. The molecule has 0 unspecified atom stereocenters. The predicted octanol–water partition coefficient (Wildman–Crippen LogP) is 2.91. The molecule has 0 aliphatic heterocycles. The lowest BCUT2D eigenvalue weighted by Gasteiger charge is -1.99. The Balaban J connectivity index is 2.01. The van der Waals surface area contributed by atoms with Crippen molar-refractivity contribution in [2.24, 2.45) is 5.10 Å². The summed E-state index contributed by atoms with van der Waals surface area (Å²) in [6.07, 6.45) is 2.11. The Labute approximate surface area is 104 Å². The van der Waals surface area contributed by atoms with E-state index in [0.717, 1.165) is 5.69 Å². The number of carbonyl (C=O) groups excluding carboxylic acids is 1. The first kappa shape index (κ1) is 11.7. The molecule has 2 rings (SSSR count). The number of benzene rings is 1. The Morgan fingerprint density at radius 3 is 2.59 bits per heavy atom. The molecule has 0 bridgehead atoms. The van der Waals surface area contributed by atoms with Gasteiger partial charge in [-0.05, 0) is 24.3 Å². The summed E-state index contributed by atoms with van der Waals surface area (Å²) in [5, 5.41) is 14.0. The molecule has 0 amide bonds. The van der Waals surface area contributed by atoms with E-state index in [0.29, 0.717) is 17.9 Å². The van der Waals surface area contributed by atoms with Crippen molar-refractivity contribution in [2.45, 2.75) is 12.8 Å². The Morgan fingerprint density at radius 1 is 1.29 bits per heavy atom. The maximum atomic E-state index is 11.3. The quantitative estimate of drug-likeness (QED) is 0.641. The number of anilines is 1. The van der Waals surface area contributed by atoms with Gasteiger partial charge in [0.25, 0.3) is 0 Å². The van der Waals surface area contributed by atoms with Gasteiger partial charge in [-0.2, -0.15) is 5.10 Å². The Hall–Kier alpha value is -1.81. The van der Waals surface area contributed by atoms with Crippen LogP contribution in [0.3, 0.4) is 0 Å². The van der Waals surface area contributed by atoms with E-state index < -0.39 is 0 Å². The van der Waals surface area contributed by atoms with Crippen LogP contribution in [0.2, 0.25) is 5.02 Å². The summed E-state index contributed by atoms with van der Waals surface area (Å²) in [4.78, 5) is 11.3. The first-order valence-corrected chi connectivity index (χ1v) is 5.54. The summed E-state index contributed by atoms with van der Waals surface area (Å²) in [6, 6.07) is 7.00.